The summed E-state index contributed by atoms with van der Waals surface area (Å²) in [5, 5.41) is 0.0832. The van der Waals surface area contributed by atoms with Gasteiger partial charge in [0, 0.05) is 12.1 Å². The number of fused-ring (bicyclic) bond motifs is 1. The lowest BCUT2D eigenvalue weighted by Gasteiger charge is -2.03. The van der Waals surface area contributed by atoms with Crippen molar-refractivity contribution < 1.29 is 13.2 Å². The van der Waals surface area contributed by atoms with Crippen molar-refractivity contribution in [1.29, 1.82) is 0 Å². The number of hydrogen-bond donors (Lipinski definition) is 0. The maximum atomic E-state index is 13.7. The first-order valence-corrected chi connectivity index (χ1v) is 5.63. The van der Waals surface area contributed by atoms with Gasteiger partial charge in [0.2, 0.25) is 0 Å². The number of rotatable bonds is 1. The molecular formula is C15H8F2O2. The van der Waals surface area contributed by atoms with E-state index in [1.807, 2.05) is 6.07 Å². The van der Waals surface area contributed by atoms with Crippen molar-refractivity contribution in [2.24, 2.45) is 0 Å². The fourth-order valence-electron chi connectivity index (χ4n) is 1.96. The van der Waals surface area contributed by atoms with Gasteiger partial charge in [-0.05, 0) is 11.6 Å². The SMILES string of the molecule is O=c1oc2cc(F)cc(F)c2cc1-c1ccccc1. The van der Waals surface area contributed by atoms with E-state index in [0.717, 1.165) is 12.1 Å². The molecule has 1 heterocycles. The van der Waals surface area contributed by atoms with Gasteiger partial charge in [-0.3, -0.25) is 0 Å². The molecule has 0 amide bonds. The monoisotopic (exact) mass is 258 g/mol. The van der Waals surface area contributed by atoms with E-state index in [1.165, 1.54) is 6.07 Å². The maximum absolute atomic E-state index is 13.7. The Bertz CT molecular complexity index is 807. The van der Waals surface area contributed by atoms with Crippen molar-refractivity contribution in [3.05, 3.63) is 70.6 Å². The van der Waals surface area contributed by atoms with E-state index in [1.54, 1.807) is 24.3 Å². The average molecular weight is 258 g/mol. The van der Waals surface area contributed by atoms with E-state index in [4.69, 9.17) is 4.42 Å². The Hall–Kier alpha value is -2.49. The van der Waals surface area contributed by atoms with Crippen molar-refractivity contribution in [3.63, 3.8) is 0 Å². The van der Waals surface area contributed by atoms with E-state index in [-0.39, 0.29) is 16.5 Å². The van der Waals surface area contributed by atoms with Crippen LogP contribution in [0.5, 0.6) is 0 Å². The van der Waals surface area contributed by atoms with Crippen LogP contribution in [0.4, 0.5) is 8.78 Å². The first-order valence-electron chi connectivity index (χ1n) is 5.63. The highest BCUT2D eigenvalue weighted by molar-refractivity contribution is 5.82. The lowest BCUT2D eigenvalue weighted by atomic mass is 10.1. The maximum Gasteiger partial charge on any atom is 0.344 e. The molecule has 0 saturated carbocycles. The molecule has 94 valence electrons. The third-order valence-corrected chi connectivity index (χ3v) is 2.85. The van der Waals surface area contributed by atoms with Gasteiger partial charge in [-0.15, -0.1) is 0 Å². The predicted molar refractivity (Wildman–Crippen MR) is 67.8 cm³/mol. The third kappa shape index (κ3) is 2.01. The van der Waals surface area contributed by atoms with Crippen LogP contribution in [0.3, 0.4) is 0 Å². The Morgan fingerprint density at radius 1 is 0.947 bits per heavy atom. The van der Waals surface area contributed by atoms with Crippen LogP contribution in [-0.2, 0) is 0 Å². The summed E-state index contributed by atoms with van der Waals surface area (Å²) in [5.41, 5.74) is 0.159. The highest BCUT2D eigenvalue weighted by Gasteiger charge is 2.11. The van der Waals surface area contributed by atoms with Crippen molar-refractivity contribution >= 4 is 11.0 Å². The molecule has 2 nitrogen and oxygen atoms in total. The summed E-state index contributed by atoms with van der Waals surface area (Å²) in [6.07, 6.45) is 0. The lowest BCUT2D eigenvalue weighted by molar-refractivity contribution is 0.545. The van der Waals surface area contributed by atoms with E-state index < -0.39 is 17.3 Å². The van der Waals surface area contributed by atoms with Crippen LogP contribution in [0.25, 0.3) is 22.1 Å². The standard InChI is InChI=1S/C15H8F2O2/c16-10-6-13(17)12-8-11(9-4-2-1-3-5-9)15(18)19-14(12)7-10/h1-8H. The molecular weight excluding hydrogens is 250 g/mol. The average Bonchev–Trinajstić information content (AvgIpc) is 2.38. The molecule has 2 aromatic carbocycles. The summed E-state index contributed by atoms with van der Waals surface area (Å²) in [6, 6.07) is 11.9. The molecule has 3 rings (SSSR count). The molecule has 0 aliphatic carbocycles. The molecule has 0 aliphatic heterocycles. The highest BCUT2D eigenvalue weighted by atomic mass is 19.1. The van der Waals surface area contributed by atoms with Crippen molar-refractivity contribution in [1.82, 2.24) is 0 Å². The Kier molecular flexibility index (Phi) is 2.63. The van der Waals surface area contributed by atoms with Gasteiger partial charge in [0.25, 0.3) is 0 Å². The summed E-state index contributed by atoms with van der Waals surface area (Å²) in [5.74, 6) is -1.53. The summed E-state index contributed by atoms with van der Waals surface area (Å²) in [6.45, 7) is 0. The first-order chi connectivity index (χ1) is 9.15. The molecule has 0 N–H and O–H groups in total. The first kappa shape index (κ1) is 11.6. The molecule has 4 heteroatoms. The topological polar surface area (TPSA) is 30.2 Å². The molecule has 1 aromatic heterocycles. The molecule has 0 bridgehead atoms. The van der Waals surface area contributed by atoms with Crippen LogP contribution >= 0.6 is 0 Å². The lowest BCUT2D eigenvalue weighted by Crippen LogP contribution is -2.03. The zero-order valence-electron chi connectivity index (χ0n) is 9.69. The second-order valence-electron chi connectivity index (χ2n) is 4.11. The van der Waals surface area contributed by atoms with Crippen LogP contribution in [-0.4, -0.2) is 0 Å². The van der Waals surface area contributed by atoms with E-state index >= 15 is 0 Å². The van der Waals surface area contributed by atoms with Gasteiger partial charge in [0.05, 0.1) is 10.9 Å². The van der Waals surface area contributed by atoms with Crippen molar-refractivity contribution in [3.8, 4) is 11.1 Å². The predicted octanol–water partition coefficient (Wildman–Crippen LogP) is 3.74. The molecule has 0 atom stereocenters. The molecule has 0 fully saturated rings. The Morgan fingerprint density at radius 3 is 2.42 bits per heavy atom. The van der Waals surface area contributed by atoms with Crippen LogP contribution in [0.1, 0.15) is 0 Å². The zero-order valence-corrected chi connectivity index (χ0v) is 9.69. The van der Waals surface area contributed by atoms with E-state index in [0.29, 0.717) is 5.56 Å². The van der Waals surface area contributed by atoms with Gasteiger partial charge < -0.3 is 4.42 Å². The Morgan fingerprint density at radius 2 is 1.68 bits per heavy atom. The minimum absolute atomic E-state index is 0.0832. The van der Waals surface area contributed by atoms with Gasteiger partial charge in [-0.2, -0.15) is 0 Å². The summed E-state index contributed by atoms with van der Waals surface area (Å²) < 4.78 is 31.7. The molecule has 0 spiro atoms. The van der Waals surface area contributed by atoms with E-state index in [9.17, 15) is 13.6 Å². The third-order valence-electron chi connectivity index (χ3n) is 2.85. The number of halogens is 2. The van der Waals surface area contributed by atoms with Gasteiger partial charge in [0.1, 0.15) is 17.2 Å². The fraction of sp³-hybridized carbons (Fsp3) is 0. The highest BCUT2D eigenvalue weighted by Crippen LogP contribution is 2.23. The van der Waals surface area contributed by atoms with E-state index in [2.05, 4.69) is 0 Å². The van der Waals surface area contributed by atoms with Gasteiger partial charge in [-0.25, -0.2) is 13.6 Å². The Labute approximate surface area is 106 Å². The van der Waals surface area contributed by atoms with Gasteiger partial charge >= 0.3 is 5.63 Å². The summed E-state index contributed by atoms with van der Waals surface area (Å²) in [7, 11) is 0. The van der Waals surface area contributed by atoms with Crippen LogP contribution in [0.15, 0.2) is 57.7 Å². The van der Waals surface area contributed by atoms with Crippen LogP contribution in [0, 0.1) is 11.6 Å². The van der Waals surface area contributed by atoms with Crippen LogP contribution < -0.4 is 5.63 Å². The number of hydrogen-bond acceptors (Lipinski definition) is 2. The van der Waals surface area contributed by atoms with Crippen molar-refractivity contribution in [2.75, 3.05) is 0 Å². The number of benzene rings is 2. The zero-order chi connectivity index (χ0) is 13.4. The minimum Gasteiger partial charge on any atom is -0.422 e. The molecule has 3 aromatic rings. The molecule has 0 aliphatic rings. The smallest absolute Gasteiger partial charge is 0.344 e. The second kappa shape index (κ2) is 4.31. The quantitative estimate of drug-likeness (QED) is 0.622. The second-order valence-corrected chi connectivity index (χ2v) is 4.11. The largest absolute Gasteiger partial charge is 0.422 e. The summed E-state index contributed by atoms with van der Waals surface area (Å²) >= 11 is 0. The molecule has 19 heavy (non-hydrogen) atoms. The summed E-state index contributed by atoms with van der Waals surface area (Å²) in [4.78, 5) is 11.8. The Balaban J connectivity index is 2.34. The van der Waals surface area contributed by atoms with Crippen LogP contribution in [0.2, 0.25) is 0 Å². The molecule has 0 saturated heterocycles. The molecule has 0 radical (unpaired) electrons. The molecule has 0 unspecified atom stereocenters. The fourth-order valence-corrected chi connectivity index (χ4v) is 1.96. The van der Waals surface area contributed by atoms with Gasteiger partial charge in [0.15, 0.2) is 0 Å². The minimum atomic E-state index is -0.777. The van der Waals surface area contributed by atoms with Gasteiger partial charge in [-0.1, -0.05) is 30.3 Å². The van der Waals surface area contributed by atoms with Crippen molar-refractivity contribution in [2.45, 2.75) is 0 Å². The normalized spacial score (nSPS) is 10.8.